The first kappa shape index (κ1) is 14.9. The standard InChI is InChI=1S/C10H12F2N2O2S2/c1-6(10(13)17)5-14-18(15,16)9-4-7(11)2-3-8(9)12/h2-4,6,14H,5H2,1H3,(H2,13,17). The molecular weight excluding hydrogens is 282 g/mol. The van der Waals surface area contributed by atoms with Gasteiger partial charge in [0.25, 0.3) is 0 Å². The molecule has 3 N–H and O–H groups in total. The van der Waals surface area contributed by atoms with Crippen LogP contribution in [0.1, 0.15) is 6.92 Å². The Labute approximate surface area is 109 Å². The molecule has 4 nitrogen and oxygen atoms in total. The number of sulfonamides is 1. The molecule has 0 fully saturated rings. The summed E-state index contributed by atoms with van der Waals surface area (Å²) in [6, 6.07) is 2.20. The molecule has 1 rings (SSSR count). The molecule has 0 heterocycles. The van der Waals surface area contributed by atoms with Crippen molar-refractivity contribution >= 4 is 27.2 Å². The van der Waals surface area contributed by atoms with Gasteiger partial charge >= 0.3 is 0 Å². The van der Waals surface area contributed by atoms with Gasteiger partial charge in [-0.3, -0.25) is 0 Å². The fraction of sp³-hybridized carbons (Fsp3) is 0.300. The summed E-state index contributed by atoms with van der Waals surface area (Å²) in [4.78, 5) is -0.602. The SMILES string of the molecule is CC(CNS(=O)(=O)c1cc(F)ccc1F)C(N)=S. The van der Waals surface area contributed by atoms with E-state index in [4.69, 9.17) is 5.73 Å². The van der Waals surface area contributed by atoms with Crippen molar-refractivity contribution in [3.8, 4) is 0 Å². The summed E-state index contributed by atoms with van der Waals surface area (Å²) < 4.78 is 51.8. The number of hydrogen-bond acceptors (Lipinski definition) is 3. The van der Waals surface area contributed by atoms with E-state index in [1.54, 1.807) is 6.92 Å². The summed E-state index contributed by atoms with van der Waals surface area (Å²) in [6.45, 7) is 1.54. The van der Waals surface area contributed by atoms with Crippen molar-refractivity contribution in [1.29, 1.82) is 0 Å². The van der Waals surface area contributed by atoms with Crippen molar-refractivity contribution < 1.29 is 17.2 Å². The number of rotatable bonds is 5. The van der Waals surface area contributed by atoms with Crippen LogP contribution in [-0.2, 0) is 10.0 Å². The van der Waals surface area contributed by atoms with E-state index in [0.717, 1.165) is 12.1 Å². The minimum Gasteiger partial charge on any atom is -0.393 e. The highest BCUT2D eigenvalue weighted by atomic mass is 32.2. The Balaban J connectivity index is 2.93. The van der Waals surface area contributed by atoms with E-state index in [1.165, 1.54) is 0 Å². The second-order valence-electron chi connectivity index (χ2n) is 3.73. The van der Waals surface area contributed by atoms with E-state index >= 15 is 0 Å². The molecule has 8 heteroatoms. The Morgan fingerprint density at radius 1 is 1.50 bits per heavy atom. The molecule has 0 saturated carbocycles. The van der Waals surface area contributed by atoms with Crippen LogP contribution in [0.3, 0.4) is 0 Å². The van der Waals surface area contributed by atoms with Crippen LogP contribution in [0, 0.1) is 17.6 Å². The number of benzene rings is 1. The zero-order chi connectivity index (χ0) is 13.9. The first-order chi connectivity index (χ1) is 8.24. The molecule has 0 bridgehead atoms. The lowest BCUT2D eigenvalue weighted by Gasteiger charge is -2.12. The quantitative estimate of drug-likeness (QED) is 0.800. The smallest absolute Gasteiger partial charge is 0.243 e. The summed E-state index contributed by atoms with van der Waals surface area (Å²) in [5.74, 6) is -2.24. The van der Waals surface area contributed by atoms with Gasteiger partial charge in [-0.1, -0.05) is 19.1 Å². The van der Waals surface area contributed by atoms with Gasteiger partial charge in [0, 0.05) is 12.5 Å². The van der Waals surface area contributed by atoms with Gasteiger partial charge in [-0.05, 0) is 18.2 Å². The van der Waals surface area contributed by atoms with E-state index < -0.39 is 26.6 Å². The van der Waals surface area contributed by atoms with E-state index in [2.05, 4.69) is 16.9 Å². The van der Waals surface area contributed by atoms with Crippen LogP contribution in [0.5, 0.6) is 0 Å². The third-order valence-corrected chi connectivity index (χ3v) is 4.09. The summed E-state index contributed by atoms with van der Waals surface area (Å²) in [7, 11) is -4.12. The molecule has 0 aromatic heterocycles. The van der Waals surface area contributed by atoms with Crippen molar-refractivity contribution in [2.75, 3.05) is 6.54 Å². The molecule has 1 aromatic carbocycles. The summed E-state index contributed by atoms with van der Waals surface area (Å²) in [6.07, 6.45) is 0. The van der Waals surface area contributed by atoms with Crippen molar-refractivity contribution in [2.24, 2.45) is 11.7 Å². The highest BCUT2D eigenvalue weighted by Crippen LogP contribution is 2.15. The maximum atomic E-state index is 13.3. The number of thiocarbonyl (C=S) groups is 1. The first-order valence-corrected chi connectivity index (χ1v) is 6.87. The van der Waals surface area contributed by atoms with E-state index in [9.17, 15) is 17.2 Å². The van der Waals surface area contributed by atoms with Crippen molar-refractivity contribution in [3.63, 3.8) is 0 Å². The van der Waals surface area contributed by atoms with Gasteiger partial charge in [-0.15, -0.1) is 0 Å². The Morgan fingerprint density at radius 3 is 2.67 bits per heavy atom. The number of halogens is 2. The molecule has 0 aliphatic heterocycles. The molecule has 0 aliphatic carbocycles. The molecular formula is C10H12F2N2O2S2. The van der Waals surface area contributed by atoms with Gasteiger partial charge in [0.1, 0.15) is 16.5 Å². The highest BCUT2D eigenvalue weighted by Gasteiger charge is 2.20. The number of hydrogen-bond donors (Lipinski definition) is 2. The minimum atomic E-state index is -4.12. The van der Waals surface area contributed by atoms with Crippen LogP contribution in [0.25, 0.3) is 0 Å². The zero-order valence-electron chi connectivity index (χ0n) is 9.48. The van der Waals surface area contributed by atoms with Crippen LogP contribution in [0.4, 0.5) is 8.78 Å². The largest absolute Gasteiger partial charge is 0.393 e. The lowest BCUT2D eigenvalue weighted by molar-refractivity contribution is 0.543. The monoisotopic (exact) mass is 294 g/mol. The van der Waals surface area contributed by atoms with Crippen LogP contribution in [0.15, 0.2) is 23.1 Å². The molecule has 0 radical (unpaired) electrons. The van der Waals surface area contributed by atoms with Crippen LogP contribution < -0.4 is 10.5 Å². The highest BCUT2D eigenvalue weighted by molar-refractivity contribution is 7.89. The Morgan fingerprint density at radius 2 is 2.11 bits per heavy atom. The molecule has 1 atom stereocenters. The average Bonchev–Trinajstić information content (AvgIpc) is 2.29. The molecule has 18 heavy (non-hydrogen) atoms. The summed E-state index contributed by atoms with van der Waals surface area (Å²) in [5, 5.41) is 0. The van der Waals surface area contributed by atoms with Crippen LogP contribution in [0.2, 0.25) is 0 Å². The fourth-order valence-electron chi connectivity index (χ4n) is 1.10. The van der Waals surface area contributed by atoms with Crippen LogP contribution >= 0.6 is 12.2 Å². The predicted molar refractivity (Wildman–Crippen MR) is 67.5 cm³/mol. The average molecular weight is 294 g/mol. The van der Waals surface area contributed by atoms with Crippen molar-refractivity contribution in [1.82, 2.24) is 4.72 Å². The number of nitrogens with two attached hydrogens (primary N) is 1. The van der Waals surface area contributed by atoms with Gasteiger partial charge < -0.3 is 5.73 Å². The Bertz CT molecular complexity index is 561. The first-order valence-electron chi connectivity index (χ1n) is 4.98. The second kappa shape index (κ2) is 5.68. The molecule has 0 amide bonds. The van der Waals surface area contributed by atoms with Gasteiger partial charge in [0.05, 0.1) is 4.99 Å². The summed E-state index contributed by atoms with van der Waals surface area (Å²) >= 11 is 4.68. The Hall–Kier alpha value is -1.12. The van der Waals surface area contributed by atoms with Gasteiger partial charge in [-0.25, -0.2) is 21.9 Å². The predicted octanol–water partition coefficient (Wildman–Crippen LogP) is 1.17. The van der Waals surface area contributed by atoms with Crippen LogP contribution in [-0.4, -0.2) is 20.0 Å². The maximum Gasteiger partial charge on any atom is 0.243 e. The van der Waals surface area contributed by atoms with Crippen molar-refractivity contribution in [3.05, 3.63) is 29.8 Å². The van der Waals surface area contributed by atoms with Gasteiger partial charge in [0.15, 0.2) is 0 Å². The van der Waals surface area contributed by atoms with E-state index in [-0.39, 0.29) is 17.5 Å². The van der Waals surface area contributed by atoms with Gasteiger partial charge in [0.2, 0.25) is 10.0 Å². The number of nitrogens with one attached hydrogen (secondary N) is 1. The van der Waals surface area contributed by atoms with E-state index in [0.29, 0.717) is 6.07 Å². The molecule has 1 unspecified atom stereocenters. The third-order valence-electron chi connectivity index (χ3n) is 2.25. The fourth-order valence-corrected chi connectivity index (χ4v) is 2.40. The van der Waals surface area contributed by atoms with E-state index in [1.807, 2.05) is 0 Å². The zero-order valence-corrected chi connectivity index (χ0v) is 11.1. The normalized spacial score (nSPS) is 13.3. The lowest BCUT2D eigenvalue weighted by atomic mass is 10.2. The topological polar surface area (TPSA) is 72.2 Å². The third kappa shape index (κ3) is 3.69. The van der Waals surface area contributed by atoms with Crippen molar-refractivity contribution in [2.45, 2.75) is 11.8 Å². The van der Waals surface area contributed by atoms with Gasteiger partial charge in [-0.2, -0.15) is 0 Å². The minimum absolute atomic E-state index is 0.0758. The molecule has 1 aromatic rings. The summed E-state index contributed by atoms with van der Waals surface area (Å²) in [5.41, 5.74) is 5.32. The maximum absolute atomic E-state index is 13.3. The molecule has 0 aliphatic rings. The molecule has 0 saturated heterocycles. The molecule has 100 valence electrons. The molecule has 0 spiro atoms. The Kier molecular flexibility index (Phi) is 4.71. The lowest BCUT2D eigenvalue weighted by Crippen LogP contribution is -2.34. The second-order valence-corrected chi connectivity index (χ2v) is 5.94.